The highest BCUT2D eigenvalue weighted by atomic mass is 128. The summed E-state index contributed by atoms with van der Waals surface area (Å²) in [5.41, 5.74) is 2.03. The van der Waals surface area contributed by atoms with Crippen molar-refractivity contribution in [2.45, 2.75) is 13.8 Å². The minimum Gasteiger partial charge on any atom is -0.508 e. The number of halogens is 2. The van der Waals surface area contributed by atoms with Crippen LogP contribution in [-0.2, 0) is 0 Å². The van der Waals surface area contributed by atoms with E-state index in [1.165, 1.54) is 0 Å². The second-order valence-electron chi connectivity index (χ2n) is 2.29. The van der Waals surface area contributed by atoms with E-state index >= 15 is 0 Å². The van der Waals surface area contributed by atoms with E-state index in [9.17, 15) is 0 Å². The molecule has 0 radical (unpaired) electrons. The van der Waals surface area contributed by atoms with E-state index in [0.29, 0.717) is 5.75 Å². The van der Waals surface area contributed by atoms with Crippen molar-refractivity contribution < 1.29 is 5.11 Å². The van der Waals surface area contributed by atoms with Gasteiger partial charge >= 0.3 is 0 Å². The third-order valence-electron chi connectivity index (χ3n) is 1.36. The number of benzene rings is 1. The number of aromatic hydroxyl groups is 1. The third kappa shape index (κ3) is 4.15. The van der Waals surface area contributed by atoms with Crippen molar-refractivity contribution in [1.82, 2.24) is 0 Å². The summed E-state index contributed by atoms with van der Waals surface area (Å²) in [6.07, 6.45) is 0. The quantitative estimate of drug-likeness (QED) is 0.684. The maximum atomic E-state index is 9.10. The minimum atomic E-state index is 0.384. The van der Waals surface area contributed by atoms with Gasteiger partial charge in [-0.1, -0.05) is 12.1 Å². The van der Waals surface area contributed by atoms with Crippen molar-refractivity contribution in [3.8, 4) is 5.75 Å². The standard InChI is InChI=1S/C8H10O.I2/c1-6-3-4-7(2)8(9)5-6;1-2/h3-5,9H,1-2H3;. The molecule has 1 aromatic carbocycles. The molecule has 0 bridgehead atoms. The zero-order valence-electron chi connectivity index (χ0n) is 6.44. The Morgan fingerprint density at radius 1 is 1.18 bits per heavy atom. The van der Waals surface area contributed by atoms with Gasteiger partial charge in [0.15, 0.2) is 0 Å². The molecular weight excluding hydrogens is 366 g/mol. The molecule has 0 aliphatic heterocycles. The number of phenolic OH excluding ortho intramolecular Hbond substituents is 1. The molecule has 1 nitrogen and oxygen atoms in total. The first-order valence-electron chi connectivity index (χ1n) is 3.10. The molecule has 0 aromatic heterocycles. The average molecular weight is 376 g/mol. The predicted molar refractivity (Wildman–Crippen MR) is 65.6 cm³/mol. The van der Waals surface area contributed by atoms with Crippen LogP contribution in [0.15, 0.2) is 18.2 Å². The summed E-state index contributed by atoms with van der Waals surface area (Å²) in [6.45, 7) is 3.84. The smallest absolute Gasteiger partial charge is 0.118 e. The van der Waals surface area contributed by atoms with Crippen molar-refractivity contribution in [3.63, 3.8) is 0 Å². The monoisotopic (exact) mass is 376 g/mol. The molecule has 0 saturated carbocycles. The molecule has 0 amide bonds. The highest BCUT2D eigenvalue weighted by molar-refractivity contribution is 15.0. The lowest BCUT2D eigenvalue weighted by atomic mass is 10.1. The van der Waals surface area contributed by atoms with Crippen LogP contribution in [0, 0.1) is 13.8 Å². The molecule has 0 saturated heterocycles. The fourth-order valence-electron chi connectivity index (χ4n) is 0.719. The summed E-state index contributed by atoms with van der Waals surface area (Å²) in [5.74, 6) is 0.384. The Bertz CT molecular complexity index is 223. The van der Waals surface area contributed by atoms with Crippen LogP contribution in [0.1, 0.15) is 11.1 Å². The summed E-state index contributed by atoms with van der Waals surface area (Å²) in [5, 5.41) is 9.10. The number of aryl methyl sites for hydroxylation is 2. The van der Waals surface area contributed by atoms with Crippen molar-refractivity contribution >= 4 is 37.2 Å². The van der Waals surface area contributed by atoms with Gasteiger partial charge in [0.2, 0.25) is 0 Å². The van der Waals surface area contributed by atoms with Gasteiger partial charge in [-0.3, -0.25) is 0 Å². The van der Waals surface area contributed by atoms with Gasteiger partial charge in [-0.25, -0.2) is 0 Å². The van der Waals surface area contributed by atoms with Gasteiger partial charge in [-0.15, -0.1) is 0 Å². The van der Waals surface area contributed by atoms with Crippen LogP contribution in [0.4, 0.5) is 0 Å². The second kappa shape index (κ2) is 6.05. The largest absolute Gasteiger partial charge is 0.508 e. The van der Waals surface area contributed by atoms with Gasteiger partial charge in [0.1, 0.15) is 5.75 Å². The Morgan fingerprint density at radius 3 is 2.09 bits per heavy atom. The Hall–Kier alpha value is 0.480. The molecule has 0 aliphatic rings. The van der Waals surface area contributed by atoms with Gasteiger partial charge in [0, 0.05) is 37.2 Å². The van der Waals surface area contributed by atoms with E-state index in [2.05, 4.69) is 37.2 Å². The maximum Gasteiger partial charge on any atom is 0.118 e. The van der Waals surface area contributed by atoms with Crippen LogP contribution in [0.5, 0.6) is 5.75 Å². The second-order valence-corrected chi connectivity index (χ2v) is 2.29. The van der Waals surface area contributed by atoms with Crippen molar-refractivity contribution in [2.75, 3.05) is 0 Å². The molecule has 0 atom stereocenters. The molecule has 1 aromatic rings. The van der Waals surface area contributed by atoms with Crippen LogP contribution >= 0.6 is 37.2 Å². The molecular formula is C8H10I2O. The summed E-state index contributed by atoms with van der Waals surface area (Å²) in [4.78, 5) is 0. The number of hydrogen-bond acceptors (Lipinski definition) is 1. The Morgan fingerprint density at radius 2 is 1.73 bits per heavy atom. The molecule has 1 N–H and O–H groups in total. The van der Waals surface area contributed by atoms with E-state index in [0.717, 1.165) is 11.1 Å². The van der Waals surface area contributed by atoms with Crippen molar-refractivity contribution in [2.24, 2.45) is 0 Å². The van der Waals surface area contributed by atoms with E-state index < -0.39 is 0 Å². The Balaban J connectivity index is 0.000000461. The van der Waals surface area contributed by atoms with Gasteiger partial charge in [-0.2, -0.15) is 0 Å². The number of hydrogen-bond donors (Lipinski definition) is 1. The normalized spacial score (nSPS) is 8.36. The van der Waals surface area contributed by atoms with Gasteiger partial charge in [0.25, 0.3) is 0 Å². The average Bonchev–Trinajstić information content (AvgIpc) is 2.02. The number of phenols is 1. The fourth-order valence-corrected chi connectivity index (χ4v) is 0.719. The molecule has 3 heteroatoms. The fraction of sp³-hybridized carbons (Fsp3) is 0.250. The topological polar surface area (TPSA) is 20.2 Å². The van der Waals surface area contributed by atoms with Crippen molar-refractivity contribution in [3.05, 3.63) is 29.3 Å². The summed E-state index contributed by atoms with van der Waals surface area (Å²) in [6, 6.07) is 5.65. The third-order valence-corrected chi connectivity index (χ3v) is 1.36. The molecule has 11 heavy (non-hydrogen) atoms. The molecule has 0 unspecified atom stereocenters. The molecule has 1 rings (SSSR count). The highest BCUT2D eigenvalue weighted by Gasteiger charge is 1.91. The van der Waals surface area contributed by atoms with E-state index in [1.807, 2.05) is 26.0 Å². The predicted octanol–water partition coefficient (Wildman–Crippen LogP) is 3.78. The van der Waals surface area contributed by atoms with Crippen LogP contribution in [0.2, 0.25) is 0 Å². The first kappa shape index (κ1) is 11.5. The highest BCUT2D eigenvalue weighted by Crippen LogP contribution is 2.15. The minimum absolute atomic E-state index is 0.384. The maximum absolute atomic E-state index is 9.10. The van der Waals surface area contributed by atoms with Gasteiger partial charge < -0.3 is 5.11 Å². The molecule has 62 valence electrons. The van der Waals surface area contributed by atoms with Crippen LogP contribution < -0.4 is 0 Å². The zero-order valence-corrected chi connectivity index (χ0v) is 10.8. The molecule has 0 aliphatic carbocycles. The SMILES string of the molecule is Cc1ccc(C)c(O)c1.II. The van der Waals surface area contributed by atoms with Crippen LogP contribution in [-0.4, -0.2) is 5.11 Å². The summed E-state index contributed by atoms with van der Waals surface area (Å²) >= 11 is 4.24. The lowest BCUT2D eigenvalue weighted by molar-refractivity contribution is 0.470. The lowest BCUT2D eigenvalue weighted by Gasteiger charge is -1.97. The van der Waals surface area contributed by atoms with Gasteiger partial charge in [-0.05, 0) is 31.0 Å². The Kier molecular flexibility index (Phi) is 6.31. The molecule has 0 spiro atoms. The Labute approximate surface area is 90.5 Å². The van der Waals surface area contributed by atoms with E-state index in [4.69, 9.17) is 5.11 Å². The van der Waals surface area contributed by atoms with Crippen molar-refractivity contribution in [1.29, 1.82) is 0 Å². The van der Waals surface area contributed by atoms with Crippen LogP contribution in [0.25, 0.3) is 0 Å². The van der Waals surface area contributed by atoms with E-state index in [1.54, 1.807) is 6.07 Å². The zero-order chi connectivity index (χ0) is 8.85. The van der Waals surface area contributed by atoms with Gasteiger partial charge in [0.05, 0.1) is 0 Å². The molecule has 0 heterocycles. The summed E-state index contributed by atoms with van der Waals surface area (Å²) in [7, 11) is 0. The van der Waals surface area contributed by atoms with E-state index in [-0.39, 0.29) is 0 Å². The summed E-state index contributed by atoms with van der Waals surface area (Å²) < 4.78 is 0. The van der Waals surface area contributed by atoms with Crippen LogP contribution in [0.3, 0.4) is 0 Å². The lowest BCUT2D eigenvalue weighted by Crippen LogP contribution is -1.74. The number of rotatable bonds is 0. The first-order chi connectivity index (χ1) is 5.20. The molecule has 0 fully saturated rings. The first-order valence-corrected chi connectivity index (χ1v) is 9.39.